The molecule has 0 atom stereocenters. The van der Waals surface area contributed by atoms with E-state index in [-0.39, 0.29) is 11.3 Å². The highest BCUT2D eigenvalue weighted by molar-refractivity contribution is 6.46. The molecule has 1 N–H and O–H groups in total. The third-order valence-electron chi connectivity index (χ3n) is 5.20. The fourth-order valence-corrected chi connectivity index (χ4v) is 3.68. The van der Waals surface area contributed by atoms with Crippen LogP contribution < -0.4 is 19.9 Å². The number of methoxy groups -OCH3 is 1. The van der Waals surface area contributed by atoms with Gasteiger partial charge >= 0.3 is 0 Å². The van der Waals surface area contributed by atoms with Crippen LogP contribution in [0.2, 0.25) is 5.02 Å². The lowest BCUT2D eigenvalue weighted by atomic mass is 10.0. The Balaban J connectivity index is 1.80. The van der Waals surface area contributed by atoms with E-state index in [9.17, 15) is 9.59 Å². The van der Waals surface area contributed by atoms with Gasteiger partial charge in [0.1, 0.15) is 11.4 Å². The molecule has 162 valence electrons. The van der Waals surface area contributed by atoms with E-state index in [1.165, 1.54) is 7.11 Å². The number of anilines is 3. The number of halogens is 1. The minimum atomic E-state index is -0.457. The lowest BCUT2D eigenvalue weighted by Crippen LogP contribution is -2.32. The van der Waals surface area contributed by atoms with Crippen LogP contribution in [0, 0.1) is 0 Å². The van der Waals surface area contributed by atoms with E-state index in [1.54, 1.807) is 48.5 Å². The number of hydrogen-bond acceptors (Lipinski definition) is 5. The van der Waals surface area contributed by atoms with Gasteiger partial charge in [-0.25, -0.2) is 4.90 Å². The summed E-state index contributed by atoms with van der Waals surface area (Å²) in [7, 11) is 5.41. The standard InChI is InChI=1S/C25H22ClN3O3/c1-28(2)19-14-12-18(13-15-19)27-23-22(16-8-10-17(26)11-9-16)24(30)29(25(23)31)20-6-4-5-7-21(20)32-3/h4-15,27H,1-3H3. The zero-order chi connectivity index (χ0) is 22.8. The maximum atomic E-state index is 13.5. The molecule has 3 aromatic rings. The maximum Gasteiger partial charge on any atom is 0.282 e. The number of para-hydroxylation sites is 2. The predicted molar refractivity (Wildman–Crippen MR) is 128 cm³/mol. The van der Waals surface area contributed by atoms with Crippen LogP contribution in [-0.4, -0.2) is 33.0 Å². The lowest BCUT2D eigenvalue weighted by Gasteiger charge is -2.18. The lowest BCUT2D eigenvalue weighted by molar-refractivity contribution is -0.120. The van der Waals surface area contributed by atoms with E-state index in [4.69, 9.17) is 16.3 Å². The molecule has 0 aliphatic carbocycles. The van der Waals surface area contributed by atoms with Crippen LogP contribution in [0.4, 0.5) is 17.1 Å². The molecule has 32 heavy (non-hydrogen) atoms. The second-order valence-corrected chi connectivity index (χ2v) is 7.88. The topological polar surface area (TPSA) is 61.9 Å². The van der Waals surface area contributed by atoms with Crippen molar-refractivity contribution in [2.24, 2.45) is 0 Å². The van der Waals surface area contributed by atoms with Crippen molar-refractivity contribution in [1.82, 2.24) is 0 Å². The molecular formula is C25H22ClN3O3. The molecule has 2 amide bonds. The van der Waals surface area contributed by atoms with Crippen LogP contribution >= 0.6 is 11.6 Å². The largest absolute Gasteiger partial charge is 0.495 e. The first kappa shape index (κ1) is 21.5. The van der Waals surface area contributed by atoms with Gasteiger partial charge in [-0.1, -0.05) is 35.9 Å². The van der Waals surface area contributed by atoms with Gasteiger partial charge in [0, 0.05) is 30.5 Å². The Morgan fingerprint density at radius 3 is 2.16 bits per heavy atom. The van der Waals surface area contributed by atoms with Gasteiger partial charge in [-0.05, 0) is 54.1 Å². The van der Waals surface area contributed by atoms with E-state index in [0.717, 1.165) is 10.6 Å². The van der Waals surface area contributed by atoms with E-state index in [1.807, 2.05) is 43.3 Å². The smallest absolute Gasteiger partial charge is 0.282 e. The van der Waals surface area contributed by atoms with Gasteiger partial charge < -0.3 is 15.0 Å². The summed E-state index contributed by atoms with van der Waals surface area (Å²) in [5.74, 6) is -0.461. The molecule has 0 unspecified atom stereocenters. The summed E-state index contributed by atoms with van der Waals surface area (Å²) in [6.07, 6.45) is 0. The van der Waals surface area contributed by atoms with Crippen molar-refractivity contribution in [3.05, 3.63) is 89.1 Å². The van der Waals surface area contributed by atoms with Gasteiger partial charge in [0.15, 0.2) is 0 Å². The van der Waals surface area contributed by atoms with Crippen LogP contribution in [0.3, 0.4) is 0 Å². The number of ether oxygens (including phenoxy) is 1. The first-order chi connectivity index (χ1) is 15.4. The van der Waals surface area contributed by atoms with E-state index in [2.05, 4.69) is 5.32 Å². The van der Waals surface area contributed by atoms with E-state index < -0.39 is 11.8 Å². The minimum absolute atomic E-state index is 0.195. The van der Waals surface area contributed by atoms with Crippen molar-refractivity contribution in [3.8, 4) is 5.75 Å². The second kappa shape index (κ2) is 8.77. The highest BCUT2D eigenvalue weighted by Crippen LogP contribution is 2.38. The summed E-state index contributed by atoms with van der Waals surface area (Å²) in [6, 6.07) is 21.4. The van der Waals surface area contributed by atoms with Crippen LogP contribution in [-0.2, 0) is 9.59 Å². The molecule has 3 aromatic carbocycles. The molecule has 1 heterocycles. The Labute approximate surface area is 191 Å². The molecular weight excluding hydrogens is 426 g/mol. The number of carbonyl (C=O) groups is 2. The first-order valence-corrected chi connectivity index (χ1v) is 10.3. The molecule has 0 saturated carbocycles. The molecule has 0 fully saturated rings. The predicted octanol–water partition coefficient (Wildman–Crippen LogP) is 4.81. The summed E-state index contributed by atoms with van der Waals surface area (Å²) in [5.41, 5.74) is 3.16. The number of nitrogens with one attached hydrogen (secondary N) is 1. The minimum Gasteiger partial charge on any atom is -0.495 e. The summed E-state index contributed by atoms with van der Waals surface area (Å²) in [4.78, 5) is 30.2. The van der Waals surface area contributed by atoms with Crippen LogP contribution in [0.25, 0.3) is 5.57 Å². The van der Waals surface area contributed by atoms with E-state index >= 15 is 0 Å². The molecule has 0 radical (unpaired) electrons. The average molecular weight is 448 g/mol. The maximum absolute atomic E-state index is 13.5. The second-order valence-electron chi connectivity index (χ2n) is 7.44. The van der Waals surface area contributed by atoms with Crippen molar-refractivity contribution >= 4 is 46.1 Å². The van der Waals surface area contributed by atoms with Gasteiger partial charge in [0.25, 0.3) is 11.8 Å². The Hall–Kier alpha value is -3.77. The van der Waals surface area contributed by atoms with Crippen LogP contribution in [0.1, 0.15) is 5.56 Å². The summed E-state index contributed by atoms with van der Waals surface area (Å²) in [6.45, 7) is 0. The molecule has 4 rings (SSSR count). The number of imide groups is 1. The monoisotopic (exact) mass is 447 g/mol. The quantitative estimate of drug-likeness (QED) is 0.549. The number of benzene rings is 3. The van der Waals surface area contributed by atoms with Crippen molar-refractivity contribution in [2.75, 3.05) is 36.3 Å². The highest BCUT2D eigenvalue weighted by Gasteiger charge is 2.41. The van der Waals surface area contributed by atoms with Gasteiger partial charge in [-0.3, -0.25) is 9.59 Å². The van der Waals surface area contributed by atoms with Crippen molar-refractivity contribution < 1.29 is 14.3 Å². The Kier molecular flexibility index (Phi) is 5.88. The molecule has 0 spiro atoms. The molecule has 0 aromatic heterocycles. The zero-order valence-corrected chi connectivity index (χ0v) is 18.7. The average Bonchev–Trinajstić information content (AvgIpc) is 3.04. The summed E-state index contributed by atoms with van der Waals surface area (Å²) < 4.78 is 5.39. The molecule has 6 nitrogen and oxygen atoms in total. The normalized spacial score (nSPS) is 13.6. The Morgan fingerprint density at radius 2 is 1.53 bits per heavy atom. The van der Waals surface area contributed by atoms with Crippen LogP contribution in [0.5, 0.6) is 5.75 Å². The van der Waals surface area contributed by atoms with Gasteiger partial charge in [0.05, 0.1) is 18.4 Å². The van der Waals surface area contributed by atoms with Gasteiger partial charge in [0.2, 0.25) is 0 Å². The van der Waals surface area contributed by atoms with Gasteiger partial charge in [-0.15, -0.1) is 0 Å². The number of hydrogen-bond donors (Lipinski definition) is 1. The third-order valence-corrected chi connectivity index (χ3v) is 5.45. The van der Waals surface area contributed by atoms with Crippen molar-refractivity contribution in [1.29, 1.82) is 0 Å². The number of nitrogens with zero attached hydrogens (tertiary/aromatic N) is 2. The summed E-state index contributed by atoms with van der Waals surface area (Å²) >= 11 is 6.04. The fourth-order valence-electron chi connectivity index (χ4n) is 3.55. The van der Waals surface area contributed by atoms with Crippen molar-refractivity contribution in [3.63, 3.8) is 0 Å². The molecule has 1 aliphatic heterocycles. The Morgan fingerprint density at radius 1 is 0.875 bits per heavy atom. The SMILES string of the molecule is COc1ccccc1N1C(=O)C(Nc2ccc(N(C)C)cc2)=C(c2ccc(Cl)cc2)C1=O. The Bertz CT molecular complexity index is 1200. The molecule has 1 aliphatic rings. The molecule has 0 saturated heterocycles. The zero-order valence-electron chi connectivity index (χ0n) is 17.9. The summed E-state index contributed by atoms with van der Waals surface area (Å²) in [5, 5.41) is 3.71. The highest BCUT2D eigenvalue weighted by atomic mass is 35.5. The van der Waals surface area contributed by atoms with Crippen LogP contribution in [0.15, 0.2) is 78.5 Å². The first-order valence-electron chi connectivity index (χ1n) is 9.97. The third kappa shape index (κ3) is 3.92. The molecule has 0 bridgehead atoms. The molecule has 7 heteroatoms. The number of rotatable bonds is 6. The van der Waals surface area contributed by atoms with E-state index in [0.29, 0.717) is 27.7 Å². The van der Waals surface area contributed by atoms with Gasteiger partial charge in [-0.2, -0.15) is 0 Å². The van der Waals surface area contributed by atoms with Crippen molar-refractivity contribution in [2.45, 2.75) is 0 Å². The fraction of sp³-hybridized carbons (Fsp3) is 0.120. The number of amides is 2. The number of carbonyl (C=O) groups excluding carboxylic acids is 2.